The van der Waals surface area contributed by atoms with Crippen LogP contribution < -0.4 is 0 Å². The van der Waals surface area contributed by atoms with Crippen molar-refractivity contribution in [2.45, 2.75) is 18.1 Å². The zero-order valence-electron chi connectivity index (χ0n) is 15.1. The van der Waals surface area contributed by atoms with Crippen LogP contribution in [0.15, 0.2) is 54.9 Å². The van der Waals surface area contributed by atoms with Gasteiger partial charge in [-0.15, -0.1) is 0 Å². The number of β-amino-alcohol motifs (C(OH)–C–C–N with tert-alkyl or cyclic N) is 1. The van der Waals surface area contributed by atoms with Crippen molar-refractivity contribution in [2.75, 3.05) is 45.9 Å². The summed E-state index contributed by atoms with van der Waals surface area (Å²) in [5.41, 5.74) is 1.52. The maximum atomic E-state index is 11.1. The molecule has 2 saturated heterocycles. The lowest BCUT2D eigenvalue weighted by Crippen LogP contribution is -2.44. The van der Waals surface area contributed by atoms with E-state index in [1.54, 1.807) is 0 Å². The molecule has 1 aromatic carbocycles. The van der Waals surface area contributed by atoms with E-state index < -0.39 is 5.60 Å². The Hall–Kier alpha value is -1.79. The SMILES string of the molecule is OC1(c2ccccc2)CCN(CC(c2cccnc2)N2CCOCC2)C1. The number of likely N-dealkylation sites (tertiary alicyclic amines) is 1. The quantitative estimate of drug-likeness (QED) is 0.892. The highest BCUT2D eigenvalue weighted by molar-refractivity contribution is 5.24. The van der Waals surface area contributed by atoms with Crippen LogP contribution in [0.1, 0.15) is 23.6 Å². The molecule has 0 spiro atoms. The zero-order valence-corrected chi connectivity index (χ0v) is 15.1. The summed E-state index contributed by atoms with van der Waals surface area (Å²) >= 11 is 0. The van der Waals surface area contributed by atoms with Crippen LogP contribution in [0.2, 0.25) is 0 Å². The summed E-state index contributed by atoms with van der Waals surface area (Å²) in [6.45, 7) is 5.94. The smallest absolute Gasteiger partial charge is 0.103 e. The number of rotatable bonds is 5. The number of hydrogen-bond donors (Lipinski definition) is 1. The number of aromatic nitrogens is 1. The maximum Gasteiger partial charge on any atom is 0.103 e. The Morgan fingerprint density at radius 2 is 1.88 bits per heavy atom. The van der Waals surface area contributed by atoms with Crippen molar-refractivity contribution < 1.29 is 9.84 Å². The minimum absolute atomic E-state index is 0.283. The van der Waals surface area contributed by atoms with Crippen molar-refractivity contribution in [3.05, 3.63) is 66.0 Å². The fourth-order valence-electron chi connectivity index (χ4n) is 4.15. The molecule has 0 radical (unpaired) electrons. The Labute approximate surface area is 155 Å². The van der Waals surface area contributed by atoms with Crippen LogP contribution in [0.3, 0.4) is 0 Å². The lowest BCUT2D eigenvalue weighted by atomic mass is 9.93. The van der Waals surface area contributed by atoms with Crippen LogP contribution >= 0.6 is 0 Å². The van der Waals surface area contributed by atoms with E-state index in [0.29, 0.717) is 6.54 Å². The van der Waals surface area contributed by atoms with Gasteiger partial charge in [-0.1, -0.05) is 36.4 Å². The van der Waals surface area contributed by atoms with Crippen LogP contribution in [0.4, 0.5) is 0 Å². The van der Waals surface area contributed by atoms with Crippen LogP contribution in [-0.2, 0) is 10.3 Å². The van der Waals surface area contributed by atoms with Crippen LogP contribution in [0, 0.1) is 0 Å². The molecule has 0 saturated carbocycles. The van der Waals surface area contributed by atoms with Crippen LogP contribution in [-0.4, -0.2) is 65.8 Å². The third kappa shape index (κ3) is 3.81. The van der Waals surface area contributed by atoms with Crippen molar-refractivity contribution in [2.24, 2.45) is 0 Å². The third-order valence-electron chi connectivity index (χ3n) is 5.62. The molecular formula is C21H27N3O2. The Kier molecular flexibility index (Phi) is 5.31. The Morgan fingerprint density at radius 1 is 1.08 bits per heavy atom. The molecule has 138 valence electrons. The molecule has 0 aliphatic carbocycles. The highest BCUT2D eigenvalue weighted by Gasteiger charge is 2.39. The maximum absolute atomic E-state index is 11.1. The van der Waals surface area contributed by atoms with Gasteiger partial charge in [0.2, 0.25) is 0 Å². The van der Waals surface area contributed by atoms with E-state index in [1.807, 2.05) is 48.8 Å². The average molecular weight is 353 g/mol. The molecule has 1 aromatic heterocycles. The second-order valence-corrected chi connectivity index (χ2v) is 7.33. The molecule has 0 amide bonds. The fourth-order valence-corrected chi connectivity index (χ4v) is 4.15. The molecule has 1 N–H and O–H groups in total. The van der Waals surface area contributed by atoms with Gasteiger partial charge in [-0.25, -0.2) is 0 Å². The first-order valence-corrected chi connectivity index (χ1v) is 9.47. The van der Waals surface area contributed by atoms with E-state index in [2.05, 4.69) is 20.9 Å². The molecular weight excluding hydrogens is 326 g/mol. The van der Waals surface area contributed by atoms with E-state index in [1.165, 1.54) is 5.56 Å². The Bertz CT molecular complexity index is 691. The van der Waals surface area contributed by atoms with Gasteiger partial charge in [-0.05, 0) is 23.6 Å². The van der Waals surface area contributed by atoms with E-state index in [9.17, 15) is 5.11 Å². The molecule has 2 aliphatic rings. The number of benzene rings is 1. The molecule has 4 rings (SSSR count). The molecule has 0 bridgehead atoms. The predicted octanol–water partition coefficient (Wildman–Crippen LogP) is 2.05. The Balaban J connectivity index is 1.49. The highest BCUT2D eigenvalue weighted by Crippen LogP contribution is 2.33. The molecule has 26 heavy (non-hydrogen) atoms. The van der Waals surface area contributed by atoms with E-state index in [4.69, 9.17) is 4.74 Å². The summed E-state index contributed by atoms with van der Waals surface area (Å²) in [6.07, 6.45) is 4.57. The van der Waals surface area contributed by atoms with E-state index in [-0.39, 0.29) is 6.04 Å². The predicted molar refractivity (Wildman–Crippen MR) is 101 cm³/mol. The number of pyridine rings is 1. The minimum atomic E-state index is -0.744. The highest BCUT2D eigenvalue weighted by atomic mass is 16.5. The van der Waals surface area contributed by atoms with Gasteiger partial charge in [0.25, 0.3) is 0 Å². The summed E-state index contributed by atoms with van der Waals surface area (Å²) in [4.78, 5) is 9.20. The summed E-state index contributed by atoms with van der Waals surface area (Å²) < 4.78 is 5.54. The monoisotopic (exact) mass is 353 g/mol. The van der Waals surface area contributed by atoms with Gasteiger partial charge in [0, 0.05) is 51.2 Å². The molecule has 2 fully saturated rings. The lowest BCUT2D eigenvalue weighted by Gasteiger charge is -2.37. The number of ether oxygens (including phenoxy) is 1. The normalized spacial score (nSPS) is 26.0. The largest absolute Gasteiger partial charge is 0.384 e. The van der Waals surface area contributed by atoms with Gasteiger partial charge in [0.1, 0.15) is 5.60 Å². The second kappa shape index (κ2) is 7.84. The van der Waals surface area contributed by atoms with Gasteiger partial charge in [-0.2, -0.15) is 0 Å². The number of nitrogens with zero attached hydrogens (tertiary/aromatic N) is 3. The van der Waals surface area contributed by atoms with E-state index >= 15 is 0 Å². The molecule has 2 aromatic rings. The van der Waals surface area contributed by atoms with Crippen molar-refractivity contribution in [3.8, 4) is 0 Å². The van der Waals surface area contributed by atoms with Crippen molar-refractivity contribution >= 4 is 0 Å². The van der Waals surface area contributed by atoms with Gasteiger partial charge in [0.15, 0.2) is 0 Å². The van der Waals surface area contributed by atoms with Crippen molar-refractivity contribution in [1.29, 1.82) is 0 Å². The van der Waals surface area contributed by atoms with Crippen LogP contribution in [0.25, 0.3) is 0 Å². The second-order valence-electron chi connectivity index (χ2n) is 7.33. The standard InChI is InChI=1S/C21H27N3O2/c25-21(19-6-2-1-3-7-19)8-10-23(17-21)16-20(18-5-4-9-22-15-18)24-11-13-26-14-12-24/h1-7,9,15,20,25H,8,10-14,16-17H2. The third-order valence-corrected chi connectivity index (χ3v) is 5.62. The molecule has 2 atom stereocenters. The van der Waals surface area contributed by atoms with Gasteiger partial charge in [-0.3, -0.25) is 14.8 Å². The summed E-state index contributed by atoms with van der Waals surface area (Å²) in [5, 5.41) is 11.1. The van der Waals surface area contributed by atoms with Gasteiger partial charge >= 0.3 is 0 Å². The molecule has 2 unspecified atom stereocenters. The van der Waals surface area contributed by atoms with Crippen LogP contribution in [0.5, 0.6) is 0 Å². The molecule has 2 aliphatic heterocycles. The van der Waals surface area contributed by atoms with Gasteiger partial charge < -0.3 is 9.84 Å². The fraction of sp³-hybridized carbons (Fsp3) is 0.476. The number of aliphatic hydroxyl groups is 1. The number of hydrogen-bond acceptors (Lipinski definition) is 5. The summed E-state index contributed by atoms with van der Waals surface area (Å²) in [7, 11) is 0. The summed E-state index contributed by atoms with van der Waals surface area (Å²) in [6, 6.07) is 14.5. The average Bonchev–Trinajstić information content (AvgIpc) is 3.10. The Morgan fingerprint density at radius 3 is 2.62 bits per heavy atom. The molecule has 3 heterocycles. The summed E-state index contributed by atoms with van der Waals surface area (Å²) in [5.74, 6) is 0. The minimum Gasteiger partial charge on any atom is -0.384 e. The number of morpholine rings is 1. The lowest BCUT2D eigenvalue weighted by molar-refractivity contribution is 0.00409. The van der Waals surface area contributed by atoms with E-state index in [0.717, 1.165) is 51.4 Å². The van der Waals surface area contributed by atoms with Gasteiger partial charge in [0.05, 0.1) is 13.2 Å². The molecule has 5 heteroatoms. The topological polar surface area (TPSA) is 48.8 Å². The molecule has 5 nitrogen and oxygen atoms in total. The zero-order chi connectivity index (χ0) is 17.8. The van der Waals surface area contributed by atoms with Crippen molar-refractivity contribution in [3.63, 3.8) is 0 Å². The first-order chi connectivity index (χ1) is 12.7. The first-order valence-electron chi connectivity index (χ1n) is 9.47. The van der Waals surface area contributed by atoms with Crippen molar-refractivity contribution in [1.82, 2.24) is 14.8 Å². The first kappa shape index (κ1) is 17.6.